The summed E-state index contributed by atoms with van der Waals surface area (Å²) in [6.07, 6.45) is 0. The average molecular weight is 468 g/mol. The van der Waals surface area contributed by atoms with E-state index in [2.05, 4.69) is 11.0 Å². The normalized spacial score (nSPS) is 13.7. The van der Waals surface area contributed by atoms with E-state index >= 15 is 0 Å². The molecule has 35 heavy (non-hydrogen) atoms. The molecule has 0 unspecified atom stereocenters. The number of para-hydroxylation sites is 3. The molecule has 0 bridgehead atoms. The third kappa shape index (κ3) is 4.64. The fourth-order valence-electron chi connectivity index (χ4n) is 4.60. The zero-order chi connectivity index (χ0) is 24.2. The summed E-state index contributed by atoms with van der Waals surface area (Å²) in [5.41, 5.74) is 4.24. The average Bonchev–Trinajstić information content (AvgIpc) is 2.92. The Morgan fingerprint density at radius 2 is 1.69 bits per heavy atom. The molecule has 0 aliphatic carbocycles. The summed E-state index contributed by atoms with van der Waals surface area (Å²) in [4.78, 5) is 22.8. The van der Waals surface area contributed by atoms with E-state index in [4.69, 9.17) is 14.5 Å². The second-order valence-electron chi connectivity index (χ2n) is 8.48. The van der Waals surface area contributed by atoms with Crippen LogP contribution in [0.25, 0.3) is 22.2 Å². The SMILES string of the molecule is CCOc1ccccc1N1CCN(C(=O)c2cc(-c3cccc(OC)c3)nc3ccccc23)CC1. The van der Waals surface area contributed by atoms with E-state index in [9.17, 15) is 4.79 Å². The number of amides is 1. The highest BCUT2D eigenvalue weighted by Gasteiger charge is 2.25. The van der Waals surface area contributed by atoms with Gasteiger partial charge in [-0.05, 0) is 43.3 Å². The Kier molecular flexibility index (Phi) is 6.53. The quantitative estimate of drug-likeness (QED) is 0.387. The van der Waals surface area contributed by atoms with Gasteiger partial charge in [0.15, 0.2) is 0 Å². The molecule has 0 spiro atoms. The van der Waals surface area contributed by atoms with Gasteiger partial charge in [0.25, 0.3) is 5.91 Å². The van der Waals surface area contributed by atoms with Crippen LogP contribution in [0.4, 0.5) is 5.69 Å². The van der Waals surface area contributed by atoms with Crippen molar-refractivity contribution in [2.45, 2.75) is 6.92 Å². The van der Waals surface area contributed by atoms with Crippen LogP contribution in [0.2, 0.25) is 0 Å². The van der Waals surface area contributed by atoms with Crippen molar-refractivity contribution in [1.29, 1.82) is 0 Å². The number of hydrogen-bond donors (Lipinski definition) is 0. The minimum atomic E-state index is 0.0329. The van der Waals surface area contributed by atoms with Gasteiger partial charge in [-0.25, -0.2) is 4.98 Å². The summed E-state index contributed by atoms with van der Waals surface area (Å²) in [6, 6.07) is 25.6. The van der Waals surface area contributed by atoms with Crippen LogP contribution < -0.4 is 14.4 Å². The molecule has 0 radical (unpaired) electrons. The Balaban J connectivity index is 1.42. The highest BCUT2D eigenvalue weighted by atomic mass is 16.5. The number of hydrogen-bond acceptors (Lipinski definition) is 5. The molecule has 1 saturated heterocycles. The van der Waals surface area contributed by atoms with Gasteiger partial charge in [-0.3, -0.25) is 4.79 Å². The van der Waals surface area contributed by atoms with Crippen LogP contribution in [-0.2, 0) is 0 Å². The molecule has 1 aliphatic rings. The van der Waals surface area contributed by atoms with Gasteiger partial charge in [0.05, 0.1) is 36.2 Å². The monoisotopic (exact) mass is 467 g/mol. The number of anilines is 1. The van der Waals surface area contributed by atoms with Gasteiger partial charge < -0.3 is 19.3 Å². The topological polar surface area (TPSA) is 54.9 Å². The van der Waals surface area contributed by atoms with Crippen LogP contribution in [-0.4, -0.2) is 55.7 Å². The number of carbonyl (C=O) groups is 1. The molecule has 1 amide bonds. The van der Waals surface area contributed by atoms with E-state index in [0.29, 0.717) is 25.3 Å². The van der Waals surface area contributed by atoms with Gasteiger partial charge in [0, 0.05) is 37.1 Å². The molecule has 6 nitrogen and oxygen atoms in total. The van der Waals surface area contributed by atoms with Crippen LogP contribution in [0, 0.1) is 0 Å². The lowest BCUT2D eigenvalue weighted by atomic mass is 10.0. The predicted molar refractivity (Wildman–Crippen MR) is 139 cm³/mol. The van der Waals surface area contributed by atoms with Crippen molar-refractivity contribution >= 4 is 22.5 Å². The summed E-state index contributed by atoms with van der Waals surface area (Å²) < 4.78 is 11.2. The number of ether oxygens (including phenoxy) is 2. The number of methoxy groups -OCH3 is 1. The third-order valence-corrected chi connectivity index (χ3v) is 6.38. The number of benzene rings is 3. The van der Waals surface area contributed by atoms with Crippen molar-refractivity contribution in [1.82, 2.24) is 9.88 Å². The van der Waals surface area contributed by atoms with Crippen molar-refractivity contribution in [3.8, 4) is 22.8 Å². The zero-order valence-corrected chi connectivity index (χ0v) is 20.1. The molecule has 6 heteroatoms. The first-order chi connectivity index (χ1) is 17.2. The van der Waals surface area contributed by atoms with E-state index in [-0.39, 0.29) is 5.91 Å². The van der Waals surface area contributed by atoms with Gasteiger partial charge in [0.2, 0.25) is 0 Å². The van der Waals surface area contributed by atoms with E-state index in [1.54, 1.807) is 7.11 Å². The Hall–Kier alpha value is -4.06. The fourth-order valence-corrected chi connectivity index (χ4v) is 4.60. The first-order valence-corrected chi connectivity index (χ1v) is 12.0. The number of carbonyl (C=O) groups excluding carboxylic acids is 1. The van der Waals surface area contributed by atoms with Crippen molar-refractivity contribution in [2.75, 3.05) is 44.8 Å². The highest BCUT2D eigenvalue weighted by Crippen LogP contribution is 2.31. The van der Waals surface area contributed by atoms with Gasteiger partial charge in [-0.15, -0.1) is 0 Å². The summed E-state index contributed by atoms with van der Waals surface area (Å²) in [7, 11) is 1.65. The maximum absolute atomic E-state index is 13.8. The number of piperazine rings is 1. The molecule has 1 aliphatic heterocycles. The molecule has 178 valence electrons. The summed E-state index contributed by atoms with van der Waals surface area (Å²) in [6.45, 7) is 5.41. The fraction of sp³-hybridized carbons (Fsp3) is 0.241. The number of fused-ring (bicyclic) bond motifs is 1. The lowest BCUT2D eigenvalue weighted by Gasteiger charge is -2.37. The maximum Gasteiger partial charge on any atom is 0.254 e. The molecule has 5 rings (SSSR count). The Labute approximate surface area is 205 Å². The highest BCUT2D eigenvalue weighted by molar-refractivity contribution is 6.07. The number of pyridine rings is 1. The van der Waals surface area contributed by atoms with Crippen molar-refractivity contribution in [3.05, 3.63) is 84.4 Å². The smallest absolute Gasteiger partial charge is 0.254 e. The van der Waals surface area contributed by atoms with Crippen molar-refractivity contribution < 1.29 is 14.3 Å². The Bertz CT molecular complexity index is 1350. The van der Waals surface area contributed by atoms with Crippen LogP contribution >= 0.6 is 0 Å². The molecular weight excluding hydrogens is 438 g/mol. The van der Waals surface area contributed by atoms with E-state index < -0.39 is 0 Å². The second-order valence-corrected chi connectivity index (χ2v) is 8.48. The Morgan fingerprint density at radius 3 is 2.49 bits per heavy atom. The van der Waals surface area contributed by atoms with Crippen molar-refractivity contribution in [3.63, 3.8) is 0 Å². The molecular formula is C29H29N3O3. The van der Waals surface area contributed by atoms with E-state index in [0.717, 1.165) is 52.4 Å². The zero-order valence-electron chi connectivity index (χ0n) is 20.1. The molecule has 4 aromatic rings. The summed E-state index contributed by atoms with van der Waals surface area (Å²) in [5.74, 6) is 1.68. The van der Waals surface area contributed by atoms with E-state index in [1.165, 1.54) is 0 Å². The standard InChI is InChI=1S/C29H29N3O3/c1-3-35-28-14-7-6-13-27(28)31-15-17-32(18-16-31)29(33)24-20-26(21-9-8-10-22(19-21)34-2)30-25-12-5-4-11-23(24)25/h4-14,19-20H,3,15-18H2,1-2H3. The minimum absolute atomic E-state index is 0.0329. The van der Waals surface area contributed by atoms with Gasteiger partial charge in [-0.2, -0.15) is 0 Å². The van der Waals surface area contributed by atoms with Crippen LogP contribution in [0.15, 0.2) is 78.9 Å². The predicted octanol–water partition coefficient (Wildman–Crippen LogP) is 5.27. The number of aromatic nitrogens is 1. The van der Waals surface area contributed by atoms with Gasteiger partial charge in [-0.1, -0.05) is 42.5 Å². The van der Waals surface area contributed by atoms with Gasteiger partial charge in [0.1, 0.15) is 11.5 Å². The number of rotatable bonds is 6. The first kappa shape index (κ1) is 22.7. The number of nitrogens with zero attached hydrogens (tertiary/aromatic N) is 3. The molecule has 0 saturated carbocycles. The molecule has 0 N–H and O–H groups in total. The molecule has 1 fully saturated rings. The van der Waals surface area contributed by atoms with Gasteiger partial charge >= 0.3 is 0 Å². The van der Waals surface area contributed by atoms with Crippen LogP contribution in [0.1, 0.15) is 17.3 Å². The third-order valence-electron chi connectivity index (χ3n) is 6.38. The largest absolute Gasteiger partial charge is 0.497 e. The molecule has 2 heterocycles. The summed E-state index contributed by atoms with van der Waals surface area (Å²) in [5, 5.41) is 0.869. The summed E-state index contributed by atoms with van der Waals surface area (Å²) >= 11 is 0. The maximum atomic E-state index is 13.8. The lowest BCUT2D eigenvalue weighted by Crippen LogP contribution is -2.49. The molecule has 3 aromatic carbocycles. The van der Waals surface area contributed by atoms with Crippen LogP contribution in [0.5, 0.6) is 11.5 Å². The van der Waals surface area contributed by atoms with E-state index in [1.807, 2.05) is 84.6 Å². The lowest BCUT2D eigenvalue weighted by molar-refractivity contribution is 0.0748. The van der Waals surface area contributed by atoms with Crippen molar-refractivity contribution in [2.24, 2.45) is 0 Å². The minimum Gasteiger partial charge on any atom is -0.497 e. The first-order valence-electron chi connectivity index (χ1n) is 12.0. The Morgan fingerprint density at radius 1 is 0.914 bits per heavy atom. The van der Waals surface area contributed by atoms with Crippen LogP contribution in [0.3, 0.4) is 0 Å². The second kappa shape index (κ2) is 10.1. The molecule has 1 aromatic heterocycles. The molecule has 0 atom stereocenters.